The van der Waals surface area contributed by atoms with Crippen LogP contribution in [0.2, 0.25) is 0 Å². The van der Waals surface area contributed by atoms with Gasteiger partial charge in [-0.15, -0.1) is 0 Å². The molecule has 106 valence electrons. The van der Waals surface area contributed by atoms with Crippen molar-refractivity contribution in [2.45, 2.75) is 25.9 Å². The van der Waals surface area contributed by atoms with E-state index in [1.54, 1.807) is 7.11 Å². The average molecular weight is 257 g/mol. The zero-order valence-electron chi connectivity index (χ0n) is 11.9. The Balaban J connectivity index is 2.14. The van der Waals surface area contributed by atoms with E-state index in [1.165, 1.54) is 0 Å². The number of hydrogen-bond acceptors (Lipinski definition) is 4. The van der Waals surface area contributed by atoms with Gasteiger partial charge in [-0.3, -0.25) is 9.69 Å². The zero-order valence-corrected chi connectivity index (χ0v) is 11.9. The number of hydrogen-bond donors (Lipinski definition) is 1. The number of rotatable bonds is 7. The van der Waals surface area contributed by atoms with E-state index in [-0.39, 0.29) is 12.0 Å². The maximum Gasteiger partial charge on any atom is 0.222 e. The summed E-state index contributed by atoms with van der Waals surface area (Å²) in [6.45, 7) is 8.08. The summed E-state index contributed by atoms with van der Waals surface area (Å²) < 4.78 is 5.15. The van der Waals surface area contributed by atoms with Crippen molar-refractivity contribution < 1.29 is 9.53 Å². The van der Waals surface area contributed by atoms with E-state index in [1.807, 2.05) is 18.9 Å². The van der Waals surface area contributed by atoms with Gasteiger partial charge in [-0.25, -0.2) is 0 Å². The highest BCUT2D eigenvalue weighted by Gasteiger charge is 2.13. The van der Waals surface area contributed by atoms with Crippen molar-refractivity contribution in [1.82, 2.24) is 15.1 Å². The lowest BCUT2D eigenvalue weighted by Crippen LogP contribution is -2.46. The highest BCUT2D eigenvalue weighted by molar-refractivity contribution is 5.75. The van der Waals surface area contributed by atoms with Gasteiger partial charge in [0.2, 0.25) is 5.91 Å². The minimum absolute atomic E-state index is 0.163. The van der Waals surface area contributed by atoms with Crippen LogP contribution in [0.4, 0.5) is 0 Å². The van der Waals surface area contributed by atoms with Gasteiger partial charge in [0.25, 0.3) is 0 Å². The molecule has 0 aliphatic carbocycles. The average Bonchev–Trinajstić information content (AvgIpc) is 2.42. The highest BCUT2D eigenvalue weighted by Crippen LogP contribution is 2.03. The topological polar surface area (TPSA) is 44.8 Å². The fourth-order valence-corrected chi connectivity index (χ4v) is 1.99. The maximum atomic E-state index is 11.9. The molecule has 1 aliphatic heterocycles. The number of likely N-dealkylation sites (N-methyl/N-ethyl adjacent to an activating group) is 1. The van der Waals surface area contributed by atoms with Crippen LogP contribution in [0.1, 0.15) is 19.8 Å². The van der Waals surface area contributed by atoms with Crippen LogP contribution in [0.15, 0.2) is 0 Å². The molecule has 0 bridgehead atoms. The van der Waals surface area contributed by atoms with Crippen LogP contribution in [0, 0.1) is 0 Å². The van der Waals surface area contributed by atoms with Gasteiger partial charge >= 0.3 is 0 Å². The van der Waals surface area contributed by atoms with Gasteiger partial charge < -0.3 is 15.0 Å². The van der Waals surface area contributed by atoms with Gasteiger partial charge in [-0.2, -0.15) is 0 Å². The Bertz CT molecular complexity index is 242. The number of nitrogens with zero attached hydrogens (tertiary/aromatic N) is 2. The van der Waals surface area contributed by atoms with Crippen LogP contribution < -0.4 is 5.32 Å². The first-order chi connectivity index (χ1) is 8.63. The zero-order chi connectivity index (χ0) is 13.4. The summed E-state index contributed by atoms with van der Waals surface area (Å²) in [5, 5.41) is 3.33. The summed E-state index contributed by atoms with van der Waals surface area (Å²) in [5.41, 5.74) is 0. The second-order valence-corrected chi connectivity index (χ2v) is 4.99. The lowest BCUT2D eigenvalue weighted by molar-refractivity contribution is -0.130. The van der Waals surface area contributed by atoms with Crippen LogP contribution in [0.3, 0.4) is 0 Å². The normalized spacial score (nSPS) is 18.6. The first-order valence-electron chi connectivity index (χ1n) is 6.83. The minimum Gasteiger partial charge on any atom is -0.382 e. The standard InChI is InChI=1S/C13H27N3O2/c1-12(18-3)4-5-13(17)15(2)10-11-16-8-6-14-7-9-16/h12,14H,4-11H2,1-3H3. The molecule has 0 aromatic rings. The van der Waals surface area contributed by atoms with Gasteiger partial charge in [0.05, 0.1) is 6.10 Å². The third-order valence-electron chi connectivity index (χ3n) is 3.55. The van der Waals surface area contributed by atoms with Crippen molar-refractivity contribution in [3.8, 4) is 0 Å². The van der Waals surface area contributed by atoms with Crippen molar-refractivity contribution in [3.05, 3.63) is 0 Å². The molecular weight excluding hydrogens is 230 g/mol. The van der Waals surface area contributed by atoms with Gasteiger partial charge in [0, 0.05) is 59.8 Å². The lowest BCUT2D eigenvalue weighted by Gasteiger charge is -2.29. The first-order valence-corrected chi connectivity index (χ1v) is 6.83. The largest absolute Gasteiger partial charge is 0.382 e. The Hall–Kier alpha value is -0.650. The third-order valence-corrected chi connectivity index (χ3v) is 3.55. The molecule has 1 N–H and O–H groups in total. The molecule has 1 fully saturated rings. The third kappa shape index (κ3) is 5.80. The quantitative estimate of drug-likeness (QED) is 0.706. The number of carbonyl (C=O) groups is 1. The summed E-state index contributed by atoms with van der Waals surface area (Å²) in [5.74, 6) is 0.217. The van der Waals surface area contributed by atoms with E-state index < -0.39 is 0 Å². The summed E-state index contributed by atoms with van der Waals surface area (Å²) in [4.78, 5) is 16.1. The van der Waals surface area contributed by atoms with Crippen molar-refractivity contribution in [1.29, 1.82) is 0 Å². The monoisotopic (exact) mass is 257 g/mol. The predicted molar refractivity (Wildman–Crippen MR) is 72.7 cm³/mol. The van der Waals surface area contributed by atoms with Crippen LogP contribution in [0.5, 0.6) is 0 Å². The van der Waals surface area contributed by atoms with E-state index >= 15 is 0 Å². The maximum absolute atomic E-state index is 11.9. The molecular formula is C13H27N3O2. The van der Waals surface area contributed by atoms with E-state index in [9.17, 15) is 4.79 Å². The number of nitrogens with one attached hydrogen (secondary N) is 1. The Morgan fingerprint density at radius 2 is 2.11 bits per heavy atom. The number of carbonyl (C=O) groups excluding carboxylic acids is 1. The van der Waals surface area contributed by atoms with Gasteiger partial charge in [0.1, 0.15) is 0 Å². The second-order valence-electron chi connectivity index (χ2n) is 4.99. The van der Waals surface area contributed by atoms with Crippen LogP contribution in [-0.4, -0.2) is 75.2 Å². The molecule has 1 aliphatic rings. The molecule has 0 aromatic carbocycles. The highest BCUT2D eigenvalue weighted by atomic mass is 16.5. The fourth-order valence-electron chi connectivity index (χ4n) is 1.99. The summed E-state index contributed by atoms with van der Waals surface area (Å²) in [7, 11) is 3.57. The molecule has 0 saturated carbocycles. The van der Waals surface area contributed by atoms with E-state index in [2.05, 4.69) is 10.2 Å². The van der Waals surface area contributed by atoms with E-state index in [0.717, 1.165) is 45.7 Å². The molecule has 0 radical (unpaired) electrons. The Labute approximate surface area is 110 Å². The number of piperazine rings is 1. The van der Waals surface area contributed by atoms with Crippen molar-refractivity contribution >= 4 is 5.91 Å². The molecule has 5 heteroatoms. The summed E-state index contributed by atoms with van der Waals surface area (Å²) in [6, 6.07) is 0. The number of methoxy groups -OCH3 is 1. The van der Waals surface area contributed by atoms with Crippen molar-refractivity contribution in [2.24, 2.45) is 0 Å². The number of ether oxygens (including phenoxy) is 1. The van der Waals surface area contributed by atoms with E-state index in [4.69, 9.17) is 4.74 Å². The molecule has 5 nitrogen and oxygen atoms in total. The molecule has 0 aromatic heterocycles. The Morgan fingerprint density at radius 3 is 2.72 bits per heavy atom. The molecule has 1 saturated heterocycles. The van der Waals surface area contributed by atoms with Crippen LogP contribution in [0.25, 0.3) is 0 Å². The summed E-state index contributed by atoms with van der Waals surface area (Å²) in [6.07, 6.45) is 1.54. The molecule has 1 unspecified atom stereocenters. The summed E-state index contributed by atoms with van der Waals surface area (Å²) >= 11 is 0. The van der Waals surface area contributed by atoms with E-state index in [0.29, 0.717) is 6.42 Å². The minimum atomic E-state index is 0.163. The van der Waals surface area contributed by atoms with Gasteiger partial charge in [-0.05, 0) is 13.3 Å². The second kappa shape index (κ2) is 8.45. The van der Waals surface area contributed by atoms with Crippen molar-refractivity contribution in [3.63, 3.8) is 0 Å². The molecule has 0 spiro atoms. The predicted octanol–water partition coefficient (Wildman–Crippen LogP) is 0.165. The Morgan fingerprint density at radius 1 is 1.44 bits per heavy atom. The smallest absolute Gasteiger partial charge is 0.222 e. The lowest BCUT2D eigenvalue weighted by atomic mass is 10.2. The molecule has 18 heavy (non-hydrogen) atoms. The van der Waals surface area contributed by atoms with Gasteiger partial charge in [-0.1, -0.05) is 0 Å². The van der Waals surface area contributed by atoms with Crippen LogP contribution >= 0.6 is 0 Å². The van der Waals surface area contributed by atoms with Gasteiger partial charge in [0.15, 0.2) is 0 Å². The SMILES string of the molecule is COC(C)CCC(=O)N(C)CCN1CCNCC1. The van der Waals surface area contributed by atoms with Crippen LogP contribution in [-0.2, 0) is 9.53 Å². The first kappa shape index (κ1) is 15.4. The molecule has 1 heterocycles. The molecule has 1 atom stereocenters. The Kier molecular flexibility index (Phi) is 7.23. The molecule has 1 rings (SSSR count). The van der Waals surface area contributed by atoms with Crippen molar-refractivity contribution in [2.75, 3.05) is 53.4 Å². The molecule has 1 amide bonds. The number of amides is 1. The fraction of sp³-hybridized carbons (Fsp3) is 0.923.